The van der Waals surface area contributed by atoms with E-state index in [-0.39, 0.29) is 23.0 Å². The van der Waals surface area contributed by atoms with Crippen LogP contribution in [0.3, 0.4) is 0 Å². The van der Waals surface area contributed by atoms with Gasteiger partial charge >= 0.3 is 0 Å². The van der Waals surface area contributed by atoms with Crippen molar-refractivity contribution >= 4 is 5.91 Å². The Labute approximate surface area is 179 Å². The third-order valence-electron chi connectivity index (χ3n) is 7.19. The third-order valence-corrected chi connectivity index (χ3v) is 7.19. The minimum absolute atomic E-state index is 0.000707. The van der Waals surface area contributed by atoms with Gasteiger partial charge in [0, 0.05) is 30.7 Å². The Kier molecular flexibility index (Phi) is 5.85. The fourth-order valence-electron chi connectivity index (χ4n) is 5.60. The first-order valence-electron chi connectivity index (χ1n) is 10.8. The van der Waals surface area contributed by atoms with Crippen LogP contribution in [0.1, 0.15) is 41.6 Å². The second-order valence-corrected chi connectivity index (χ2v) is 8.78. The summed E-state index contributed by atoms with van der Waals surface area (Å²) in [5.41, 5.74) is 1.51. The zero-order valence-corrected chi connectivity index (χ0v) is 18.2. The molecule has 1 saturated carbocycles. The molecule has 3 unspecified atom stereocenters. The van der Waals surface area contributed by atoms with Gasteiger partial charge in [-0.15, -0.1) is 0 Å². The summed E-state index contributed by atoms with van der Waals surface area (Å²) in [4.78, 5) is 15.2. The SMILES string of the molecule is COc1cccc(C23CCN(C)CC2(OC)CCC(NC(=O)c2ccccc2)C3)c1. The topological polar surface area (TPSA) is 50.8 Å². The van der Waals surface area contributed by atoms with E-state index in [0.29, 0.717) is 5.56 Å². The first kappa shape index (κ1) is 20.9. The predicted molar refractivity (Wildman–Crippen MR) is 118 cm³/mol. The summed E-state index contributed by atoms with van der Waals surface area (Å²) in [6.07, 6.45) is 3.67. The van der Waals surface area contributed by atoms with Crippen molar-refractivity contribution in [2.45, 2.75) is 42.7 Å². The van der Waals surface area contributed by atoms with E-state index in [4.69, 9.17) is 9.47 Å². The highest BCUT2D eigenvalue weighted by molar-refractivity contribution is 5.94. The normalized spacial score (nSPS) is 29.1. The number of benzene rings is 2. The van der Waals surface area contributed by atoms with Crippen LogP contribution in [0.4, 0.5) is 0 Å². The number of ether oxygens (including phenoxy) is 2. The highest BCUT2D eigenvalue weighted by atomic mass is 16.5. The Morgan fingerprint density at radius 1 is 1.10 bits per heavy atom. The zero-order chi connectivity index (χ0) is 21.2. The molecule has 1 amide bonds. The van der Waals surface area contributed by atoms with Crippen molar-refractivity contribution in [2.24, 2.45) is 0 Å². The van der Waals surface area contributed by atoms with Crippen molar-refractivity contribution in [3.63, 3.8) is 0 Å². The smallest absolute Gasteiger partial charge is 0.251 e. The average Bonchev–Trinajstić information content (AvgIpc) is 2.79. The van der Waals surface area contributed by atoms with E-state index in [1.165, 1.54) is 5.56 Å². The molecule has 1 N–H and O–H groups in total. The van der Waals surface area contributed by atoms with Gasteiger partial charge in [0.2, 0.25) is 0 Å². The summed E-state index contributed by atoms with van der Waals surface area (Å²) in [5, 5.41) is 3.30. The van der Waals surface area contributed by atoms with E-state index in [9.17, 15) is 4.79 Å². The molecule has 0 aromatic heterocycles. The molecule has 3 atom stereocenters. The molecule has 30 heavy (non-hydrogen) atoms. The summed E-state index contributed by atoms with van der Waals surface area (Å²) in [6.45, 7) is 1.89. The summed E-state index contributed by atoms with van der Waals surface area (Å²) in [6, 6.07) is 18.0. The Hall–Kier alpha value is -2.37. The number of hydrogen-bond acceptors (Lipinski definition) is 4. The summed E-state index contributed by atoms with van der Waals surface area (Å²) >= 11 is 0. The second kappa shape index (κ2) is 8.40. The number of nitrogens with one attached hydrogen (secondary N) is 1. The van der Waals surface area contributed by atoms with Gasteiger partial charge in [-0.2, -0.15) is 0 Å². The highest BCUT2D eigenvalue weighted by Gasteiger charge is 2.58. The summed E-state index contributed by atoms with van der Waals surface area (Å²) < 4.78 is 11.9. The molecule has 2 aliphatic rings. The van der Waals surface area contributed by atoms with Crippen LogP contribution in [0.25, 0.3) is 0 Å². The molecular weight excluding hydrogens is 376 g/mol. The minimum Gasteiger partial charge on any atom is -0.497 e. The van der Waals surface area contributed by atoms with Crippen LogP contribution in [0.2, 0.25) is 0 Å². The number of hydrogen-bond donors (Lipinski definition) is 1. The van der Waals surface area contributed by atoms with E-state index < -0.39 is 0 Å². The second-order valence-electron chi connectivity index (χ2n) is 8.78. The minimum atomic E-state index is -0.277. The van der Waals surface area contributed by atoms with Crippen molar-refractivity contribution in [1.29, 1.82) is 0 Å². The number of likely N-dealkylation sites (tertiary alicyclic amines) is 1. The average molecular weight is 409 g/mol. The Morgan fingerprint density at radius 2 is 1.90 bits per heavy atom. The molecule has 160 valence electrons. The van der Waals surface area contributed by atoms with Crippen LogP contribution < -0.4 is 10.1 Å². The summed E-state index contributed by atoms with van der Waals surface area (Å²) in [5.74, 6) is 0.862. The van der Waals surface area contributed by atoms with E-state index in [1.807, 2.05) is 43.5 Å². The number of carbonyl (C=O) groups is 1. The van der Waals surface area contributed by atoms with E-state index in [0.717, 1.165) is 44.5 Å². The Bertz CT molecular complexity index is 887. The van der Waals surface area contributed by atoms with Gasteiger partial charge in [0.1, 0.15) is 5.75 Å². The first-order chi connectivity index (χ1) is 14.5. The fourth-order valence-corrected chi connectivity index (χ4v) is 5.60. The maximum absolute atomic E-state index is 12.8. The monoisotopic (exact) mass is 408 g/mol. The molecule has 0 bridgehead atoms. The summed E-state index contributed by atoms with van der Waals surface area (Å²) in [7, 11) is 5.72. The van der Waals surface area contributed by atoms with Crippen LogP contribution in [0.15, 0.2) is 54.6 Å². The molecule has 1 aliphatic carbocycles. The lowest BCUT2D eigenvalue weighted by Gasteiger charge is -2.59. The van der Waals surface area contributed by atoms with Gasteiger partial charge in [0.15, 0.2) is 0 Å². The number of nitrogens with zero attached hydrogens (tertiary/aromatic N) is 1. The standard InChI is InChI=1S/C25H32N2O3/c1-27-15-14-24(20-10-7-11-22(16-20)29-2)17-21(12-13-25(24,18-27)30-3)26-23(28)19-8-5-4-6-9-19/h4-11,16,21H,12-15,17-18H2,1-3H3,(H,26,28). The lowest BCUT2D eigenvalue weighted by atomic mass is 9.55. The Balaban J connectivity index is 1.68. The van der Waals surface area contributed by atoms with Crippen LogP contribution in [-0.2, 0) is 10.2 Å². The lowest BCUT2D eigenvalue weighted by molar-refractivity contribution is -0.144. The van der Waals surface area contributed by atoms with Crippen molar-refractivity contribution in [1.82, 2.24) is 10.2 Å². The van der Waals surface area contributed by atoms with Gasteiger partial charge in [-0.05, 0) is 69.1 Å². The number of rotatable bonds is 5. The predicted octanol–water partition coefficient (Wildman–Crippen LogP) is 3.64. The lowest BCUT2D eigenvalue weighted by Crippen LogP contribution is -2.67. The number of likely N-dealkylation sites (N-methyl/N-ethyl adjacent to an activating group) is 1. The molecule has 2 fully saturated rings. The molecular formula is C25H32N2O3. The van der Waals surface area contributed by atoms with Gasteiger partial charge in [-0.3, -0.25) is 4.79 Å². The van der Waals surface area contributed by atoms with Gasteiger partial charge in [-0.1, -0.05) is 30.3 Å². The molecule has 1 aliphatic heterocycles. The van der Waals surface area contributed by atoms with Crippen molar-refractivity contribution < 1.29 is 14.3 Å². The number of amides is 1. The molecule has 0 spiro atoms. The molecule has 5 nitrogen and oxygen atoms in total. The molecule has 1 heterocycles. The van der Waals surface area contributed by atoms with Gasteiger partial charge in [0.05, 0.1) is 12.7 Å². The first-order valence-corrected chi connectivity index (χ1v) is 10.8. The molecule has 2 aromatic carbocycles. The Morgan fingerprint density at radius 3 is 2.63 bits per heavy atom. The fraction of sp³-hybridized carbons (Fsp3) is 0.480. The number of carbonyl (C=O) groups excluding carboxylic acids is 1. The van der Waals surface area contributed by atoms with Crippen molar-refractivity contribution in [3.8, 4) is 5.75 Å². The van der Waals surface area contributed by atoms with Crippen LogP contribution in [0.5, 0.6) is 5.75 Å². The largest absolute Gasteiger partial charge is 0.497 e. The molecule has 0 radical (unpaired) electrons. The van der Waals surface area contributed by atoms with Crippen molar-refractivity contribution in [3.05, 3.63) is 65.7 Å². The van der Waals surface area contributed by atoms with Gasteiger partial charge in [0.25, 0.3) is 5.91 Å². The quantitative estimate of drug-likeness (QED) is 0.821. The molecule has 1 saturated heterocycles. The zero-order valence-electron chi connectivity index (χ0n) is 18.2. The highest BCUT2D eigenvalue weighted by Crippen LogP contribution is 2.53. The molecule has 5 heteroatoms. The van der Waals surface area contributed by atoms with Crippen molar-refractivity contribution in [2.75, 3.05) is 34.4 Å². The number of fused-ring (bicyclic) bond motifs is 1. The van der Waals surface area contributed by atoms with Crippen LogP contribution >= 0.6 is 0 Å². The number of piperidine rings is 1. The van der Waals surface area contributed by atoms with E-state index in [2.05, 4.69) is 35.5 Å². The van der Waals surface area contributed by atoms with E-state index in [1.54, 1.807) is 7.11 Å². The van der Waals surface area contributed by atoms with Gasteiger partial charge in [-0.25, -0.2) is 0 Å². The number of methoxy groups -OCH3 is 2. The van der Waals surface area contributed by atoms with Crippen LogP contribution in [-0.4, -0.2) is 56.8 Å². The van der Waals surface area contributed by atoms with Crippen LogP contribution in [0, 0.1) is 0 Å². The van der Waals surface area contributed by atoms with Gasteiger partial charge < -0.3 is 19.7 Å². The molecule has 4 rings (SSSR count). The maximum atomic E-state index is 12.8. The maximum Gasteiger partial charge on any atom is 0.251 e. The third kappa shape index (κ3) is 3.61. The molecule has 2 aromatic rings. The van der Waals surface area contributed by atoms with E-state index >= 15 is 0 Å².